The van der Waals surface area contributed by atoms with E-state index in [1.807, 2.05) is 24.3 Å². The second-order valence-electron chi connectivity index (χ2n) is 8.40. The minimum atomic E-state index is -0.773. The van der Waals surface area contributed by atoms with E-state index in [9.17, 15) is 9.90 Å². The van der Waals surface area contributed by atoms with E-state index in [4.69, 9.17) is 16.3 Å². The molecule has 160 valence electrons. The van der Waals surface area contributed by atoms with Crippen LogP contribution in [0.15, 0.2) is 48.5 Å². The van der Waals surface area contributed by atoms with Crippen molar-refractivity contribution in [3.63, 3.8) is 0 Å². The van der Waals surface area contributed by atoms with Gasteiger partial charge in [-0.05, 0) is 61.4 Å². The highest BCUT2D eigenvalue weighted by Gasteiger charge is 2.53. The molecule has 2 aliphatic rings. The maximum atomic E-state index is 12.9. The van der Waals surface area contributed by atoms with Gasteiger partial charge >= 0.3 is 5.97 Å². The van der Waals surface area contributed by atoms with Crippen LogP contribution in [0.4, 0.5) is 5.69 Å². The number of hydrogen-bond acceptors (Lipinski definition) is 5. The summed E-state index contributed by atoms with van der Waals surface area (Å²) in [5.41, 5.74) is 2.67. The average Bonchev–Trinajstić information content (AvgIpc) is 3.06. The Morgan fingerprint density at radius 3 is 2.63 bits per heavy atom. The molecule has 2 N–H and O–H groups in total. The van der Waals surface area contributed by atoms with Crippen LogP contribution in [0, 0.1) is 0 Å². The van der Waals surface area contributed by atoms with Crippen LogP contribution >= 0.6 is 11.6 Å². The number of fused-ring (bicyclic) bond motifs is 2. The van der Waals surface area contributed by atoms with Crippen LogP contribution in [0.3, 0.4) is 0 Å². The Morgan fingerprint density at radius 1 is 1.17 bits per heavy atom. The monoisotopic (exact) mass is 428 g/mol. The Kier molecular flexibility index (Phi) is 6.05. The Morgan fingerprint density at radius 2 is 1.93 bits per heavy atom. The molecule has 1 aliphatic carbocycles. The van der Waals surface area contributed by atoms with Gasteiger partial charge in [0.25, 0.3) is 0 Å². The summed E-state index contributed by atoms with van der Waals surface area (Å²) in [5, 5.41) is 13.5. The molecule has 1 spiro atoms. The molecule has 1 fully saturated rings. The number of benzene rings is 2. The van der Waals surface area contributed by atoms with Gasteiger partial charge in [0.05, 0.1) is 7.11 Å². The van der Waals surface area contributed by atoms with Gasteiger partial charge in [-0.3, -0.25) is 4.90 Å². The van der Waals surface area contributed by atoms with Crippen molar-refractivity contribution >= 4 is 23.3 Å². The number of anilines is 1. The normalized spacial score (nSPS) is 25.8. The van der Waals surface area contributed by atoms with Crippen LogP contribution in [-0.2, 0) is 21.6 Å². The highest BCUT2D eigenvalue weighted by Crippen LogP contribution is 2.51. The van der Waals surface area contributed by atoms with Crippen LogP contribution in [0.25, 0.3) is 0 Å². The quantitative estimate of drug-likeness (QED) is 0.670. The van der Waals surface area contributed by atoms with E-state index in [0.717, 1.165) is 38.0 Å². The van der Waals surface area contributed by atoms with Gasteiger partial charge in [0.2, 0.25) is 0 Å². The number of halogens is 1. The Hall–Kier alpha value is -2.08. The molecule has 0 amide bonds. The molecule has 1 saturated carbocycles. The van der Waals surface area contributed by atoms with Crippen molar-refractivity contribution < 1.29 is 14.6 Å². The smallest absolute Gasteiger partial charge is 0.331 e. The Bertz CT molecular complexity index is 909. The molecule has 4 rings (SSSR count). The van der Waals surface area contributed by atoms with Crippen molar-refractivity contribution in [2.24, 2.45) is 0 Å². The first-order valence-corrected chi connectivity index (χ1v) is 11.0. The summed E-state index contributed by atoms with van der Waals surface area (Å²) < 4.78 is 5.23. The van der Waals surface area contributed by atoms with Crippen molar-refractivity contribution in [1.82, 2.24) is 4.90 Å². The second-order valence-corrected chi connectivity index (χ2v) is 8.83. The van der Waals surface area contributed by atoms with E-state index in [0.29, 0.717) is 17.9 Å². The van der Waals surface area contributed by atoms with Crippen molar-refractivity contribution in [3.05, 3.63) is 64.7 Å². The third-order valence-electron chi connectivity index (χ3n) is 6.79. The number of rotatable bonds is 6. The Balaban J connectivity index is 1.63. The van der Waals surface area contributed by atoms with E-state index in [-0.39, 0.29) is 18.1 Å². The lowest BCUT2D eigenvalue weighted by Crippen LogP contribution is -2.55. The number of hydrogen-bond donors (Lipinski definition) is 2. The molecule has 0 radical (unpaired) electrons. The van der Waals surface area contributed by atoms with Gasteiger partial charge in [-0.25, -0.2) is 4.79 Å². The highest BCUT2D eigenvalue weighted by molar-refractivity contribution is 6.30. The van der Waals surface area contributed by atoms with E-state index in [1.54, 1.807) is 0 Å². The molecular weight excluding hydrogens is 400 g/mol. The van der Waals surface area contributed by atoms with E-state index in [1.165, 1.54) is 18.2 Å². The van der Waals surface area contributed by atoms with Crippen LogP contribution < -0.4 is 5.32 Å². The molecule has 2 aromatic rings. The molecule has 0 bridgehead atoms. The molecule has 1 heterocycles. The fraction of sp³-hybridized carbons (Fsp3) is 0.458. The maximum Gasteiger partial charge on any atom is 0.331 e. The zero-order chi connectivity index (χ0) is 21.2. The first kappa shape index (κ1) is 21.2. The zero-order valence-corrected chi connectivity index (χ0v) is 18.1. The van der Waals surface area contributed by atoms with E-state index >= 15 is 0 Å². The van der Waals surface area contributed by atoms with Crippen molar-refractivity contribution in [2.75, 3.05) is 25.6 Å². The molecular formula is C24H29ClN2O3. The summed E-state index contributed by atoms with van der Waals surface area (Å²) in [6.07, 6.45) is 3.77. The van der Waals surface area contributed by atoms with Gasteiger partial charge in [-0.2, -0.15) is 0 Å². The number of nitrogens with one attached hydrogen (secondary N) is 1. The highest BCUT2D eigenvalue weighted by atomic mass is 35.5. The van der Waals surface area contributed by atoms with Gasteiger partial charge in [0.15, 0.2) is 0 Å². The predicted molar refractivity (Wildman–Crippen MR) is 119 cm³/mol. The second kappa shape index (κ2) is 8.58. The van der Waals surface area contributed by atoms with E-state index < -0.39 is 5.54 Å². The summed E-state index contributed by atoms with van der Waals surface area (Å²) in [7, 11) is 1.45. The standard InChI is InChI=1S/C24H29ClN2O3/c1-30-22(29)23(26-20-8-4-7-19(25)16-20)10-12-24(13-11-23)21-9-3-2-6-18(21)17-27(24)14-5-15-28/h2-4,6-9,16,26,28H,5,10-15,17H2,1H3. The van der Waals surface area contributed by atoms with Crippen molar-refractivity contribution in [1.29, 1.82) is 0 Å². The molecule has 30 heavy (non-hydrogen) atoms. The number of carbonyl (C=O) groups excluding carboxylic acids is 1. The van der Waals surface area contributed by atoms with Crippen LogP contribution in [0.5, 0.6) is 0 Å². The lowest BCUT2D eigenvalue weighted by molar-refractivity contribution is -0.148. The average molecular weight is 429 g/mol. The molecule has 0 aromatic heterocycles. The summed E-state index contributed by atoms with van der Waals surface area (Å²) >= 11 is 6.16. The van der Waals surface area contributed by atoms with Crippen LogP contribution in [0.2, 0.25) is 5.02 Å². The fourth-order valence-electron chi connectivity index (χ4n) is 5.29. The van der Waals surface area contributed by atoms with Gasteiger partial charge in [0, 0.05) is 35.9 Å². The summed E-state index contributed by atoms with van der Waals surface area (Å²) in [6.45, 7) is 1.92. The predicted octanol–water partition coefficient (Wildman–Crippen LogP) is 4.33. The molecule has 0 saturated heterocycles. The van der Waals surface area contributed by atoms with Gasteiger partial charge in [-0.15, -0.1) is 0 Å². The molecule has 5 nitrogen and oxygen atoms in total. The van der Waals surface area contributed by atoms with Crippen molar-refractivity contribution in [2.45, 2.75) is 49.7 Å². The van der Waals surface area contributed by atoms with Gasteiger partial charge in [0.1, 0.15) is 5.54 Å². The van der Waals surface area contributed by atoms with E-state index in [2.05, 4.69) is 34.5 Å². The summed E-state index contributed by atoms with van der Waals surface area (Å²) in [4.78, 5) is 15.4. The number of carbonyl (C=O) groups is 1. The third kappa shape index (κ3) is 3.70. The number of methoxy groups -OCH3 is 1. The fourth-order valence-corrected chi connectivity index (χ4v) is 5.48. The minimum Gasteiger partial charge on any atom is -0.467 e. The lowest BCUT2D eigenvalue weighted by Gasteiger charge is -2.48. The molecule has 1 aliphatic heterocycles. The van der Waals surface area contributed by atoms with Gasteiger partial charge < -0.3 is 15.2 Å². The zero-order valence-electron chi connectivity index (χ0n) is 17.4. The maximum absolute atomic E-state index is 12.9. The first-order valence-electron chi connectivity index (χ1n) is 10.6. The molecule has 2 aromatic carbocycles. The Labute approximate surface area is 183 Å². The third-order valence-corrected chi connectivity index (χ3v) is 7.02. The largest absolute Gasteiger partial charge is 0.467 e. The summed E-state index contributed by atoms with van der Waals surface area (Å²) in [5.74, 6) is -0.231. The lowest BCUT2D eigenvalue weighted by atomic mass is 9.69. The first-order chi connectivity index (χ1) is 14.5. The number of aliphatic hydroxyl groups excluding tert-OH is 1. The number of ether oxygens (including phenoxy) is 1. The number of nitrogens with zero attached hydrogens (tertiary/aromatic N) is 1. The number of aliphatic hydroxyl groups is 1. The van der Waals surface area contributed by atoms with Gasteiger partial charge in [-0.1, -0.05) is 41.9 Å². The molecule has 0 unspecified atom stereocenters. The number of esters is 1. The topological polar surface area (TPSA) is 61.8 Å². The molecule has 0 atom stereocenters. The van der Waals surface area contributed by atoms with Crippen LogP contribution in [0.1, 0.15) is 43.2 Å². The minimum absolute atomic E-state index is 0.0979. The van der Waals surface area contributed by atoms with Crippen molar-refractivity contribution in [3.8, 4) is 0 Å². The molecule has 6 heteroatoms. The van der Waals surface area contributed by atoms with Crippen LogP contribution in [-0.4, -0.2) is 41.8 Å². The SMILES string of the molecule is COC(=O)C1(Nc2cccc(Cl)c2)CCC2(CC1)c1ccccc1CN2CCCO. The summed E-state index contributed by atoms with van der Waals surface area (Å²) in [6, 6.07) is 16.1.